The molecule has 0 spiro atoms. The smallest absolute Gasteiger partial charge is 0.276 e. The Morgan fingerprint density at radius 3 is 2.52 bits per heavy atom. The zero-order chi connectivity index (χ0) is 19.4. The third-order valence-corrected chi connectivity index (χ3v) is 7.05. The molecule has 144 valence electrons. The van der Waals surface area contributed by atoms with Gasteiger partial charge in [-0.2, -0.15) is 0 Å². The lowest BCUT2D eigenvalue weighted by atomic mass is 10.00. The van der Waals surface area contributed by atoms with E-state index < -0.39 is 15.9 Å². The summed E-state index contributed by atoms with van der Waals surface area (Å²) in [5.74, 6) is -0.704. The van der Waals surface area contributed by atoms with Crippen LogP contribution in [0.1, 0.15) is 63.1 Å². The molecule has 0 bridgehead atoms. The lowest BCUT2D eigenvalue weighted by molar-refractivity contribution is 0.0948. The first-order chi connectivity index (χ1) is 12.9. The van der Waals surface area contributed by atoms with Crippen molar-refractivity contribution in [3.63, 3.8) is 0 Å². The minimum atomic E-state index is -3.96. The molecule has 0 radical (unpaired) electrons. The van der Waals surface area contributed by atoms with Gasteiger partial charge >= 0.3 is 0 Å². The van der Waals surface area contributed by atoms with E-state index in [9.17, 15) is 18.0 Å². The number of amides is 1. The maximum Gasteiger partial charge on any atom is 0.276 e. The lowest BCUT2D eigenvalue weighted by Gasteiger charge is -2.08. The van der Waals surface area contributed by atoms with Crippen molar-refractivity contribution in [1.82, 2.24) is 10.3 Å². The summed E-state index contributed by atoms with van der Waals surface area (Å²) in [6, 6.07) is 7.56. The van der Waals surface area contributed by atoms with Gasteiger partial charge in [-0.05, 0) is 56.4 Å². The maximum atomic E-state index is 12.4. The molecule has 1 aromatic carbocycles. The van der Waals surface area contributed by atoms with E-state index in [1.54, 1.807) is 6.07 Å². The zero-order valence-corrected chi connectivity index (χ0v) is 16.7. The van der Waals surface area contributed by atoms with Gasteiger partial charge in [0.25, 0.3) is 15.9 Å². The quantitative estimate of drug-likeness (QED) is 0.589. The summed E-state index contributed by atoms with van der Waals surface area (Å²) in [5, 5.41) is 0. The Kier molecular flexibility index (Phi) is 6.08. The van der Waals surface area contributed by atoms with Crippen molar-refractivity contribution in [2.75, 3.05) is 0 Å². The topological polar surface area (TPSA) is 92.3 Å². The number of nitrogens with one attached hydrogen (secondary N) is 2. The molecule has 6 nitrogen and oxygen atoms in total. The van der Waals surface area contributed by atoms with E-state index in [0.29, 0.717) is 10.4 Å². The minimum absolute atomic E-state index is 0.0750. The highest BCUT2D eigenvalue weighted by molar-refractivity contribution is 7.89. The van der Waals surface area contributed by atoms with Crippen molar-refractivity contribution in [2.24, 2.45) is 0 Å². The van der Waals surface area contributed by atoms with Gasteiger partial charge in [-0.1, -0.05) is 25.0 Å². The van der Waals surface area contributed by atoms with Crippen LogP contribution in [-0.2, 0) is 22.9 Å². The Bertz CT molecular complexity index is 938. The Hall–Kier alpha value is -2.03. The number of hydrogen-bond acceptors (Lipinski definition) is 5. The maximum absolute atomic E-state index is 12.4. The predicted molar refractivity (Wildman–Crippen MR) is 104 cm³/mol. The molecule has 27 heavy (non-hydrogen) atoms. The van der Waals surface area contributed by atoms with Gasteiger partial charge in [0.05, 0.1) is 9.77 Å². The number of aryl methyl sites for hydroxylation is 2. The second-order valence-corrected chi connectivity index (χ2v) is 9.44. The Morgan fingerprint density at radius 2 is 1.78 bits per heavy atom. The molecule has 2 N–H and O–H groups in total. The first kappa shape index (κ1) is 19.7. The molecule has 1 amide bonds. The average molecular weight is 407 g/mol. The lowest BCUT2D eigenvalue weighted by Crippen LogP contribution is -2.41. The molecule has 0 fully saturated rings. The van der Waals surface area contributed by atoms with E-state index in [4.69, 9.17) is 0 Å². The van der Waals surface area contributed by atoms with E-state index in [2.05, 4.69) is 10.3 Å². The molecule has 1 aliphatic rings. The standard InChI is InChI=1S/C19H22N2O4S2/c1-13(22)14-8-6-9-16(11-14)27(24,25)21-20-19(23)18-12-15-7-4-2-3-5-10-17(15)26-18/h6,8-9,11-12,21H,2-5,7,10H2,1H3,(H,20,23). The molecule has 2 aromatic rings. The van der Waals surface area contributed by atoms with Crippen molar-refractivity contribution >= 4 is 33.1 Å². The third-order valence-electron chi connectivity index (χ3n) is 4.57. The third kappa shape index (κ3) is 4.82. The van der Waals surface area contributed by atoms with E-state index in [1.807, 2.05) is 6.07 Å². The van der Waals surface area contributed by atoms with Gasteiger partial charge < -0.3 is 0 Å². The molecule has 3 rings (SSSR count). The molecular weight excluding hydrogens is 384 g/mol. The summed E-state index contributed by atoms with van der Waals surface area (Å²) < 4.78 is 24.8. The fourth-order valence-corrected chi connectivity index (χ4v) is 5.11. The monoisotopic (exact) mass is 406 g/mol. The van der Waals surface area contributed by atoms with Crippen LogP contribution in [0.25, 0.3) is 0 Å². The summed E-state index contributed by atoms with van der Waals surface area (Å²) in [5.41, 5.74) is 3.77. The van der Waals surface area contributed by atoms with Gasteiger partial charge in [-0.25, -0.2) is 8.42 Å². The highest BCUT2D eigenvalue weighted by atomic mass is 32.2. The molecule has 8 heteroatoms. The van der Waals surface area contributed by atoms with Crippen LogP contribution in [0.5, 0.6) is 0 Å². The van der Waals surface area contributed by atoms with Crippen molar-refractivity contribution in [2.45, 2.75) is 50.3 Å². The zero-order valence-electron chi connectivity index (χ0n) is 15.1. The number of hydrazine groups is 1. The van der Waals surface area contributed by atoms with E-state index in [1.165, 1.54) is 59.7 Å². The number of thiophene rings is 1. The molecule has 0 atom stereocenters. The number of fused-ring (bicyclic) bond motifs is 1. The van der Waals surface area contributed by atoms with Crippen LogP contribution in [0.2, 0.25) is 0 Å². The molecule has 0 unspecified atom stereocenters. The Balaban J connectivity index is 1.70. The minimum Gasteiger partial charge on any atom is -0.295 e. The fraction of sp³-hybridized carbons (Fsp3) is 0.368. The van der Waals surface area contributed by atoms with Crippen LogP contribution in [0.3, 0.4) is 0 Å². The average Bonchev–Trinajstić information content (AvgIpc) is 3.02. The molecule has 1 aromatic heterocycles. The van der Waals surface area contributed by atoms with Crippen LogP contribution < -0.4 is 10.3 Å². The van der Waals surface area contributed by atoms with Gasteiger partial charge in [-0.15, -0.1) is 16.2 Å². The SMILES string of the molecule is CC(=O)c1cccc(S(=O)(=O)NNC(=O)c2cc3c(s2)CCCCCC3)c1. The summed E-state index contributed by atoms with van der Waals surface area (Å²) >= 11 is 1.43. The van der Waals surface area contributed by atoms with Crippen LogP contribution in [0.15, 0.2) is 35.2 Å². The van der Waals surface area contributed by atoms with Crippen LogP contribution in [-0.4, -0.2) is 20.1 Å². The number of rotatable bonds is 5. The first-order valence-corrected chi connectivity index (χ1v) is 11.2. The first-order valence-electron chi connectivity index (χ1n) is 8.91. The van der Waals surface area contributed by atoms with Gasteiger partial charge in [-0.3, -0.25) is 15.0 Å². The largest absolute Gasteiger partial charge is 0.295 e. The van der Waals surface area contributed by atoms with Crippen molar-refractivity contribution in [3.8, 4) is 0 Å². The Labute approximate surface area is 163 Å². The van der Waals surface area contributed by atoms with Gasteiger partial charge in [0.2, 0.25) is 0 Å². The normalized spacial score (nSPS) is 14.7. The summed E-state index contributed by atoms with van der Waals surface area (Å²) in [6.07, 6.45) is 6.57. The molecule has 0 aliphatic heterocycles. The molecule has 1 aliphatic carbocycles. The second-order valence-electron chi connectivity index (χ2n) is 6.62. The molecule has 0 saturated heterocycles. The number of ketones is 1. The van der Waals surface area contributed by atoms with Crippen molar-refractivity contribution in [3.05, 3.63) is 51.2 Å². The number of carbonyl (C=O) groups is 2. The second kappa shape index (κ2) is 8.33. The fourth-order valence-electron chi connectivity index (χ4n) is 3.07. The van der Waals surface area contributed by atoms with Crippen LogP contribution in [0, 0.1) is 0 Å². The number of sulfonamides is 1. The molecular formula is C19H22N2O4S2. The number of hydrogen-bond donors (Lipinski definition) is 2. The van der Waals surface area contributed by atoms with Gasteiger partial charge in [0.15, 0.2) is 5.78 Å². The summed E-state index contributed by atoms with van der Waals surface area (Å²) in [4.78, 5) is 27.6. The molecule has 1 heterocycles. The number of benzene rings is 1. The van der Waals surface area contributed by atoms with Gasteiger partial charge in [0, 0.05) is 10.4 Å². The van der Waals surface area contributed by atoms with Crippen molar-refractivity contribution in [1.29, 1.82) is 0 Å². The molecule has 0 saturated carbocycles. The highest BCUT2D eigenvalue weighted by Crippen LogP contribution is 2.28. The van der Waals surface area contributed by atoms with E-state index in [0.717, 1.165) is 25.7 Å². The summed E-state index contributed by atoms with van der Waals surface area (Å²) in [7, 11) is -3.96. The van der Waals surface area contributed by atoms with E-state index in [-0.39, 0.29) is 10.7 Å². The number of carbonyl (C=O) groups excluding carboxylic acids is 2. The Morgan fingerprint density at radius 1 is 1.04 bits per heavy atom. The number of Topliss-reactive ketones (excluding diaryl/α,β-unsaturated/α-hetero) is 1. The van der Waals surface area contributed by atoms with Gasteiger partial charge in [0.1, 0.15) is 0 Å². The van der Waals surface area contributed by atoms with Crippen LogP contribution >= 0.6 is 11.3 Å². The summed E-state index contributed by atoms with van der Waals surface area (Å²) in [6.45, 7) is 1.37. The predicted octanol–water partition coefficient (Wildman–Crippen LogP) is 3.23. The van der Waals surface area contributed by atoms with Crippen molar-refractivity contribution < 1.29 is 18.0 Å². The van der Waals surface area contributed by atoms with Crippen LogP contribution in [0.4, 0.5) is 0 Å². The van der Waals surface area contributed by atoms with E-state index >= 15 is 0 Å². The highest BCUT2D eigenvalue weighted by Gasteiger charge is 2.19.